The number of hydrogen-bond donors (Lipinski definition) is 1. The zero-order chi connectivity index (χ0) is 20.4. The van der Waals surface area contributed by atoms with Crippen molar-refractivity contribution in [3.8, 4) is 11.5 Å². The molecular formula is C24H22ClNO3. The molecule has 4 rings (SSSR count). The Labute approximate surface area is 175 Å². The number of fused-ring (bicyclic) bond motifs is 3. The fourth-order valence-corrected chi connectivity index (χ4v) is 4.17. The summed E-state index contributed by atoms with van der Waals surface area (Å²) in [6, 6.07) is 15.8. The Kier molecular flexibility index (Phi) is 5.45. The van der Waals surface area contributed by atoms with E-state index in [1.165, 1.54) is 0 Å². The highest BCUT2D eigenvalue weighted by atomic mass is 35.5. The second-order valence-corrected chi connectivity index (χ2v) is 7.31. The molecule has 0 aromatic heterocycles. The van der Waals surface area contributed by atoms with Gasteiger partial charge in [-0.05, 0) is 41.0 Å². The van der Waals surface area contributed by atoms with Crippen molar-refractivity contribution < 1.29 is 14.3 Å². The number of hydrogen-bond acceptors (Lipinski definition) is 3. The predicted molar refractivity (Wildman–Crippen MR) is 117 cm³/mol. The molecular weight excluding hydrogens is 386 g/mol. The van der Waals surface area contributed by atoms with Crippen molar-refractivity contribution in [1.29, 1.82) is 0 Å². The highest BCUT2D eigenvalue weighted by Crippen LogP contribution is 2.46. The van der Waals surface area contributed by atoms with Crippen LogP contribution in [0.4, 0.5) is 5.69 Å². The Balaban J connectivity index is 1.89. The molecule has 1 atom stereocenters. The molecule has 1 aliphatic heterocycles. The van der Waals surface area contributed by atoms with Gasteiger partial charge in [0.05, 0.1) is 6.61 Å². The number of halogens is 1. The molecule has 3 aromatic carbocycles. The van der Waals surface area contributed by atoms with Crippen molar-refractivity contribution in [3.05, 3.63) is 77.3 Å². The summed E-state index contributed by atoms with van der Waals surface area (Å²) < 4.78 is 11.5. The summed E-state index contributed by atoms with van der Waals surface area (Å²) in [5.74, 6) is 0.976. The van der Waals surface area contributed by atoms with Crippen molar-refractivity contribution in [1.82, 2.24) is 0 Å². The minimum absolute atomic E-state index is 0.0289. The molecule has 1 amide bonds. The van der Waals surface area contributed by atoms with Gasteiger partial charge in [-0.3, -0.25) is 4.79 Å². The van der Waals surface area contributed by atoms with Crippen LogP contribution in [0.5, 0.6) is 11.5 Å². The lowest BCUT2D eigenvalue weighted by molar-refractivity contribution is -0.116. The molecule has 0 fully saturated rings. The first kappa shape index (κ1) is 19.3. The second-order valence-electron chi connectivity index (χ2n) is 6.91. The Hall–Kier alpha value is -2.98. The monoisotopic (exact) mass is 407 g/mol. The fraction of sp³-hybridized carbons (Fsp3) is 0.208. The third-order valence-electron chi connectivity index (χ3n) is 5.08. The molecule has 0 bridgehead atoms. The predicted octanol–water partition coefficient (Wildman–Crippen LogP) is 5.93. The normalized spacial score (nSPS) is 15.5. The van der Waals surface area contributed by atoms with E-state index >= 15 is 0 Å². The molecule has 1 unspecified atom stereocenters. The van der Waals surface area contributed by atoms with Crippen LogP contribution in [0.3, 0.4) is 0 Å². The number of ether oxygens (including phenoxy) is 2. The first-order chi connectivity index (χ1) is 14.1. The lowest BCUT2D eigenvalue weighted by Crippen LogP contribution is -2.24. The zero-order valence-electron chi connectivity index (χ0n) is 16.2. The maximum absolute atomic E-state index is 12.5. The molecule has 1 N–H and O–H groups in total. The topological polar surface area (TPSA) is 47.6 Å². The van der Waals surface area contributed by atoms with Crippen LogP contribution in [0.1, 0.15) is 30.4 Å². The number of nitrogens with one attached hydrogen (secondary N) is 1. The average Bonchev–Trinajstić information content (AvgIpc) is 2.73. The molecule has 1 heterocycles. The van der Waals surface area contributed by atoms with Gasteiger partial charge in [0.15, 0.2) is 11.5 Å². The maximum atomic E-state index is 12.5. The van der Waals surface area contributed by atoms with E-state index in [1.54, 1.807) is 12.1 Å². The molecule has 0 radical (unpaired) electrons. The van der Waals surface area contributed by atoms with Crippen molar-refractivity contribution in [2.24, 2.45) is 0 Å². The largest absolute Gasteiger partial charge is 0.490 e. The minimum Gasteiger partial charge on any atom is -0.490 e. The Morgan fingerprint density at radius 1 is 1.17 bits per heavy atom. The number of carbonyl (C=O) groups is 1. The van der Waals surface area contributed by atoms with Crippen LogP contribution >= 0.6 is 11.6 Å². The summed E-state index contributed by atoms with van der Waals surface area (Å²) in [4.78, 5) is 12.5. The molecule has 3 aromatic rings. The quantitative estimate of drug-likeness (QED) is 0.515. The molecule has 1 aliphatic rings. The lowest BCUT2D eigenvalue weighted by atomic mass is 9.82. The van der Waals surface area contributed by atoms with E-state index < -0.39 is 0 Å². The number of anilines is 1. The Morgan fingerprint density at radius 3 is 2.76 bits per heavy atom. The summed E-state index contributed by atoms with van der Waals surface area (Å²) in [7, 11) is 0. The smallest absolute Gasteiger partial charge is 0.225 e. The van der Waals surface area contributed by atoms with Gasteiger partial charge in [-0.25, -0.2) is 0 Å². The Bertz CT molecular complexity index is 1090. The van der Waals surface area contributed by atoms with Gasteiger partial charge in [0.1, 0.15) is 6.61 Å². The minimum atomic E-state index is -0.176. The van der Waals surface area contributed by atoms with Crippen LogP contribution in [0.25, 0.3) is 10.8 Å². The van der Waals surface area contributed by atoms with E-state index in [2.05, 4.69) is 24.0 Å². The van der Waals surface area contributed by atoms with Crippen molar-refractivity contribution in [2.75, 3.05) is 18.5 Å². The molecule has 4 nitrogen and oxygen atoms in total. The molecule has 0 saturated carbocycles. The van der Waals surface area contributed by atoms with Gasteiger partial charge in [-0.15, -0.1) is 0 Å². The first-order valence-electron chi connectivity index (χ1n) is 9.63. The van der Waals surface area contributed by atoms with E-state index in [4.69, 9.17) is 21.1 Å². The van der Waals surface area contributed by atoms with Crippen molar-refractivity contribution >= 4 is 34.0 Å². The van der Waals surface area contributed by atoms with Gasteiger partial charge in [-0.1, -0.05) is 54.6 Å². The summed E-state index contributed by atoms with van der Waals surface area (Å²) in [5.41, 5.74) is 2.76. The van der Waals surface area contributed by atoms with E-state index in [0.29, 0.717) is 36.2 Å². The van der Waals surface area contributed by atoms with Gasteiger partial charge in [0, 0.05) is 29.1 Å². The van der Waals surface area contributed by atoms with Gasteiger partial charge < -0.3 is 14.8 Å². The van der Waals surface area contributed by atoms with Gasteiger partial charge in [-0.2, -0.15) is 0 Å². The van der Waals surface area contributed by atoms with Crippen LogP contribution in [0, 0.1) is 0 Å². The number of carbonyl (C=O) groups excluding carboxylic acids is 1. The fourth-order valence-electron chi connectivity index (χ4n) is 3.88. The number of amides is 1. The van der Waals surface area contributed by atoms with E-state index in [0.717, 1.165) is 27.6 Å². The lowest BCUT2D eigenvalue weighted by Gasteiger charge is -2.29. The number of rotatable bonds is 6. The summed E-state index contributed by atoms with van der Waals surface area (Å²) in [6.07, 6.45) is 1.99. The molecule has 5 heteroatoms. The maximum Gasteiger partial charge on any atom is 0.225 e. The number of benzene rings is 3. The molecule has 0 spiro atoms. The van der Waals surface area contributed by atoms with Crippen LogP contribution < -0.4 is 14.8 Å². The first-order valence-corrected chi connectivity index (χ1v) is 10.0. The highest BCUT2D eigenvalue weighted by molar-refractivity contribution is 6.31. The molecule has 29 heavy (non-hydrogen) atoms. The van der Waals surface area contributed by atoms with E-state index in [1.807, 2.05) is 37.3 Å². The van der Waals surface area contributed by atoms with Crippen LogP contribution in [0.15, 0.2) is 61.2 Å². The van der Waals surface area contributed by atoms with E-state index in [9.17, 15) is 4.79 Å². The Morgan fingerprint density at radius 2 is 1.97 bits per heavy atom. The SMILES string of the molecule is C=CCOc1cc(Cl)c(C2CC(=O)Nc3ccc4ccccc4c32)cc1OCC. The van der Waals surface area contributed by atoms with Crippen molar-refractivity contribution in [2.45, 2.75) is 19.3 Å². The summed E-state index contributed by atoms with van der Waals surface area (Å²) >= 11 is 6.69. The second kappa shape index (κ2) is 8.18. The highest BCUT2D eigenvalue weighted by Gasteiger charge is 2.30. The van der Waals surface area contributed by atoms with Crippen LogP contribution in [-0.2, 0) is 4.79 Å². The van der Waals surface area contributed by atoms with Gasteiger partial charge in [0.25, 0.3) is 0 Å². The molecule has 0 saturated heterocycles. The third kappa shape index (κ3) is 3.68. The summed E-state index contributed by atoms with van der Waals surface area (Å²) in [6.45, 7) is 6.46. The zero-order valence-corrected chi connectivity index (χ0v) is 17.0. The van der Waals surface area contributed by atoms with Crippen LogP contribution in [0.2, 0.25) is 5.02 Å². The summed E-state index contributed by atoms with van der Waals surface area (Å²) in [5, 5.41) is 5.78. The standard InChI is InChI=1S/C24H22ClNO3/c1-3-11-29-22-14-19(25)17(12-21(22)28-4-2)18-13-23(27)26-20-10-9-15-7-5-6-8-16(15)24(18)20/h3,5-10,12,14,18H,1,4,11,13H2,2H3,(H,26,27). The third-order valence-corrected chi connectivity index (χ3v) is 5.41. The average molecular weight is 408 g/mol. The van der Waals surface area contributed by atoms with Crippen molar-refractivity contribution in [3.63, 3.8) is 0 Å². The molecule has 0 aliphatic carbocycles. The van der Waals surface area contributed by atoms with Gasteiger partial charge >= 0.3 is 0 Å². The van der Waals surface area contributed by atoms with Crippen LogP contribution in [-0.4, -0.2) is 19.1 Å². The van der Waals surface area contributed by atoms with Gasteiger partial charge in [0.2, 0.25) is 5.91 Å². The van der Waals surface area contributed by atoms with E-state index in [-0.39, 0.29) is 11.8 Å². The molecule has 148 valence electrons.